The third kappa shape index (κ3) is 2.99. The molecule has 1 unspecified atom stereocenters. The fraction of sp³-hybridized carbons (Fsp3) is 0.900. The molecular weight excluding hydrogens is 166 g/mol. The van der Waals surface area contributed by atoms with Crippen molar-refractivity contribution in [2.24, 2.45) is 5.92 Å². The maximum absolute atomic E-state index is 11.2. The Bertz CT molecular complexity index is 166. The molecule has 0 amide bonds. The smallest absolute Gasteiger partial charge is 0.309 e. The summed E-state index contributed by atoms with van der Waals surface area (Å²) in [6.45, 7) is 2.79. The molecule has 0 bridgehead atoms. The van der Waals surface area contributed by atoms with E-state index in [0.717, 1.165) is 13.0 Å². The number of hydrogen-bond acceptors (Lipinski definition) is 3. The average Bonchev–Trinajstić information content (AvgIpc) is 2.08. The third-order valence-electron chi connectivity index (χ3n) is 2.79. The number of ether oxygens (including phenoxy) is 1. The average molecular weight is 185 g/mol. The Morgan fingerprint density at radius 1 is 1.62 bits per heavy atom. The van der Waals surface area contributed by atoms with Crippen molar-refractivity contribution in [2.45, 2.75) is 38.6 Å². The first-order valence-corrected chi connectivity index (χ1v) is 5.09. The van der Waals surface area contributed by atoms with Gasteiger partial charge in [-0.2, -0.15) is 0 Å². The minimum atomic E-state index is -0.0886. The van der Waals surface area contributed by atoms with Crippen molar-refractivity contribution in [3.8, 4) is 0 Å². The molecule has 13 heavy (non-hydrogen) atoms. The van der Waals surface area contributed by atoms with Gasteiger partial charge in [-0.3, -0.25) is 4.79 Å². The minimum Gasteiger partial charge on any atom is -0.469 e. The van der Waals surface area contributed by atoms with Crippen LogP contribution in [0.4, 0.5) is 0 Å². The van der Waals surface area contributed by atoms with Gasteiger partial charge in [0.1, 0.15) is 0 Å². The van der Waals surface area contributed by atoms with E-state index in [4.69, 9.17) is 4.74 Å². The van der Waals surface area contributed by atoms with E-state index in [2.05, 4.69) is 5.32 Å². The van der Waals surface area contributed by atoms with Crippen LogP contribution in [0.3, 0.4) is 0 Å². The monoisotopic (exact) mass is 185 g/mol. The van der Waals surface area contributed by atoms with Crippen LogP contribution in [0.25, 0.3) is 0 Å². The first kappa shape index (κ1) is 10.5. The summed E-state index contributed by atoms with van der Waals surface area (Å²) in [4.78, 5) is 11.2. The van der Waals surface area contributed by atoms with Gasteiger partial charge in [-0.25, -0.2) is 0 Å². The van der Waals surface area contributed by atoms with Gasteiger partial charge in [0.15, 0.2) is 0 Å². The predicted molar refractivity (Wildman–Crippen MR) is 51.4 cm³/mol. The van der Waals surface area contributed by atoms with Crippen LogP contribution in [0.2, 0.25) is 0 Å². The second-order valence-electron chi connectivity index (χ2n) is 3.66. The summed E-state index contributed by atoms with van der Waals surface area (Å²) in [7, 11) is 1.45. The molecule has 1 aliphatic carbocycles. The highest BCUT2D eigenvalue weighted by atomic mass is 16.5. The van der Waals surface area contributed by atoms with Crippen molar-refractivity contribution in [2.75, 3.05) is 13.7 Å². The summed E-state index contributed by atoms with van der Waals surface area (Å²) in [6, 6.07) is 0.652. The van der Waals surface area contributed by atoms with Crippen molar-refractivity contribution in [3.63, 3.8) is 0 Å². The molecule has 1 saturated carbocycles. The lowest BCUT2D eigenvalue weighted by Gasteiger charge is -2.28. The first-order valence-electron chi connectivity index (χ1n) is 5.09. The van der Waals surface area contributed by atoms with Gasteiger partial charge >= 0.3 is 5.97 Å². The van der Waals surface area contributed by atoms with Crippen LogP contribution in [0, 0.1) is 5.92 Å². The van der Waals surface area contributed by atoms with Crippen molar-refractivity contribution < 1.29 is 9.53 Å². The Labute approximate surface area is 79.8 Å². The van der Waals surface area contributed by atoms with Crippen molar-refractivity contribution in [1.82, 2.24) is 5.32 Å². The molecular formula is C10H19NO2. The molecule has 3 nitrogen and oxygen atoms in total. The van der Waals surface area contributed by atoms with Crippen LogP contribution in [0.5, 0.6) is 0 Å². The topological polar surface area (TPSA) is 38.3 Å². The number of hydrogen-bond donors (Lipinski definition) is 1. The van der Waals surface area contributed by atoms with Gasteiger partial charge in [0.2, 0.25) is 0 Å². The van der Waals surface area contributed by atoms with Gasteiger partial charge in [-0.15, -0.1) is 0 Å². The SMILES string of the molecule is CCC(CNC1CCC1)C(=O)OC. The highest BCUT2D eigenvalue weighted by Gasteiger charge is 2.21. The summed E-state index contributed by atoms with van der Waals surface area (Å²) in [5, 5.41) is 3.38. The van der Waals surface area contributed by atoms with Gasteiger partial charge < -0.3 is 10.1 Å². The van der Waals surface area contributed by atoms with Crippen LogP contribution < -0.4 is 5.32 Å². The zero-order chi connectivity index (χ0) is 9.68. The second kappa shape index (κ2) is 5.22. The number of nitrogens with one attached hydrogen (secondary N) is 1. The molecule has 76 valence electrons. The fourth-order valence-electron chi connectivity index (χ4n) is 1.48. The summed E-state index contributed by atoms with van der Waals surface area (Å²) in [6.07, 6.45) is 4.70. The highest BCUT2D eigenvalue weighted by Crippen LogP contribution is 2.18. The number of carbonyl (C=O) groups is 1. The zero-order valence-electron chi connectivity index (χ0n) is 8.51. The molecule has 0 saturated heterocycles. The van der Waals surface area contributed by atoms with Crippen molar-refractivity contribution in [3.05, 3.63) is 0 Å². The van der Waals surface area contributed by atoms with E-state index >= 15 is 0 Å². The summed E-state index contributed by atoms with van der Waals surface area (Å²) < 4.78 is 4.71. The summed E-state index contributed by atoms with van der Waals surface area (Å²) >= 11 is 0. The lowest BCUT2D eigenvalue weighted by atomic mass is 9.92. The van der Waals surface area contributed by atoms with E-state index in [1.54, 1.807) is 0 Å². The molecule has 0 aromatic rings. The zero-order valence-corrected chi connectivity index (χ0v) is 8.51. The van der Waals surface area contributed by atoms with E-state index in [1.165, 1.54) is 26.4 Å². The number of carbonyl (C=O) groups excluding carboxylic acids is 1. The van der Waals surface area contributed by atoms with E-state index in [1.807, 2.05) is 6.92 Å². The maximum Gasteiger partial charge on any atom is 0.309 e. The molecule has 1 rings (SSSR count). The fourth-order valence-corrected chi connectivity index (χ4v) is 1.48. The number of methoxy groups -OCH3 is 1. The molecule has 0 aromatic carbocycles. The van der Waals surface area contributed by atoms with Gasteiger partial charge in [0.25, 0.3) is 0 Å². The molecule has 0 heterocycles. The first-order chi connectivity index (χ1) is 6.27. The van der Waals surface area contributed by atoms with Crippen molar-refractivity contribution in [1.29, 1.82) is 0 Å². The van der Waals surface area contributed by atoms with Gasteiger partial charge in [-0.05, 0) is 19.3 Å². The molecule has 1 N–H and O–H groups in total. The van der Waals surface area contributed by atoms with Crippen LogP contribution in [-0.4, -0.2) is 25.7 Å². The normalized spacial score (nSPS) is 19.2. The van der Waals surface area contributed by atoms with Crippen molar-refractivity contribution >= 4 is 5.97 Å². The predicted octanol–water partition coefficient (Wildman–Crippen LogP) is 1.33. The maximum atomic E-state index is 11.2. The lowest BCUT2D eigenvalue weighted by molar-refractivity contribution is -0.145. The Kier molecular flexibility index (Phi) is 4.22. The van der Waals surface area contributed by atoms with Crippen LogP contribution in [0.15, 0.2) is 0 Å². The van der Waals surface area contributed by atoms with Gasteiger partial charge in [0, 0.05) is 12.6 Å². The third-order valence-corrected chi connectivity index (χ3v) is 2.79. The van der Waals surface area contributed by atoms with Gasteiger partial charge in [-0.1, -0.05) is 13.3 Å². The standard InChI is InChI=1S/C10H19NO2/c1-3-8(10(12)13-2)7-11-9-5-4-6-9/h8-9,11H,3-7H2,1-2H3. The summed E-state index contributed by atoms with van der Waals surface area (Å²) in [5.41, 5.74) is 0. The minimum absolute atomic E-state index is 0.0330. The largest absolute Gasteiger partial charge is 0.469 e. The Morgan fingerprint density at radius 2 is 2.31 bits per heavy atom. The molecule has 0 spiro atoms. The molecule has 1 atom stereocenters. The van der Waals surface area contributed by atoms with Gasteiger partial charge in [0.05, 0.1) is 13.0 Å². The van der Waals surface area contributed by atoms with Crippen LogP contribution >= 0.6 is 0 Å². The quantitative estimate of drug-likeness (QED) is 0.657. The van der Waals surface area contributed by atoms with E-state index < -0.39 is 0 Å². The highest BCUT2D eigenvalue weighted by molar-refractivity contribution is 5.72. The lowest BCUT2D eigenvalue weighted by Crippen LogP contribution is -2.40. The molecule has 1 fully saturated rings. The van der Waals surface area contributed by atoms with Crippen LogP contribution in [0.1, 0.15) is 32.6 Å². The Hall–Kier alpha value is -0.570. The molecule has 3 heteroatoms. The van der Waals surface area contributed by atoms with E-state index in [-0.39, 0.29) is 11.9 Å². The van der Waals surface area contributed by atoms with E-state index in [9.17, 15) is 4.79 Å². The molecule has 0 radical (unpaired) electrons. The molecule has 1 aliphatic rings. The number of rotatable bonds is 5. The van der Waals surface area contributed by atoms with E-state index in [0.29, 0.717) is 6.04 Å². The molecule has 0 aromatic heterocycles. The summed E-state index contributed by atoms with van der Waals surface area (Å²) in [5.74, 6) is -0.0556. The Morgan fingerprint density at radius 3 is 2.69 bits per heavy atom. The number of esters is 1. The molecule has 0 aliphatic heterocycles. The second-order valence-corrected chi connectivity index (χ2v) is 3.66. The Balaban J connectivity index is 2.18. The van der Waals surface area contributed by atoms with Crippen LogP contribution in [-0.2, 0) is 9.53 Å².